The van der Waals surface area contributed by atoms with Crippen LogP contribution in [0.25, 0.3) is 0 Å². The summed E-state index contributed by atoms with van der Waals surface area (Å²) in [5, 5.41) is 5.09. The van der Waals surface area contributed by atoms with E-state index in [1.807, 2.05) is 6.92 Å². The lowest BCUT2D eigenvalue weighted by molar-refractivity contribution is -0.130. The summed E-state index contributed by atoms with van der Waals surface area (Å²) < 4.78 is 32.2. The van der Waals surface area contributed by atoms with Crippen LogP contribution in [0.1, 0.15) is 19.8 Å². The van der Waals surface area contributed by atoms with Gasteiger partial charge in [-0.3, -0.25) is 14.5 Å². The predicted molar refractivity (Wildman–Crippen MR) is 109 cm³/mol. The zero-order chi connectivity index (χ0) is 21.9. The fourth-order valence-corrected chi connectivity index (χ4v) is 5.17. The van der Waals surface area contributed by atoms with Crippen molar-refractivity contribution < 1.29 is 27.5 Å². The number of carbonyl (C=O) groups excluding carboxylic acids is 3. The van der Waals surface area contributed by atoms with E-state index in [1.165, 1.54) is 22.5 Å². The van der Waals surface area contributed by atoms with E-state index in [4.69, 9.17) is 16.3 Å². The fourth-order valence-electron chi connectivity index (χ4n) is 3.26. The molecule has 2 aliphatic rings. The molecule has 0 aliphatic carbocycles. The van der Waals surface area contributed by atoms with Gasteiger partial charge in [-0.05, 0) is 24.6 Å². The lowest BCUT2D eigenvalue weighted by Gasteiger charge is -2.26. The number of amides is 4. The maximum Gasteiger partial charge on any atom is 0.325 e. The smallest absolute Gasteiger partial charge is 0.325 e. The van der Waals surface area contributed by atoms with Crippen LogP contribution in [0.4, 0.5) is 10.5 Å². The van der Waals surface area contributed by atoms with Gasteiger partial charge in [0.1, 0.15) is 17.5 Å². The highest BCUT2D eigenvalue weighted by Gasteiger charge is 2.38. The molecule has 2 N–H and O–H groups in total. The monoisotopic (exact) mass is 458 g/mol. The van der Waals surface area contributed by atoms with Crippen LogP contribution in [-0.2, 0) is 24.3 Å². The Morgan fingerprint density at radius 1 is 1.30 bits per heavy atom. The number of ether oxygens (including phenoxy) is 1. The normalized spacial score (nSPS) is 20.3. The number of carbonyl (C=O) groups is 3. The molecule has 0 aromatic heterocycles. The van der Waals surface area contributed by atoms with Gasteiger partial charge in [0.25, 0.3) is 5.91 Å². The summed E-state index contributed by atoms with van der Waals surface area (Å²) in [6.07, 6.45) is 1.20. The SMILES string of the molecule is CCCC1NC(=O)N(CC(=O)Nc2ccc(Cl)c(S(=O)(=O)N3CCOCC3)c2)C1=O. The average molecular weight is 459 g/mol. The number of halogens is 1. The number of hydrogen-bond acceptors (Lipinski definition) is 6. The summed E-state index contributed by atoms with van der Waals surface area (Å²) in [6.45, 7) is 2.41. The van der Waals surface area contributed by atoms with E-state index < -0.39 is 40.5 Å². The highest BCUT2D eigenvalue weighted by atomic mass is 35.5. The first-order valence-electron chi connectivity index (χ1n) is 9.53. The van der Waals surface area contributed by atoms with Gasteiger partial charge < -0.3 is 15.4 Å². The zero-order valence-corrected chi connectivity index (χ0v) is 18.0. The Hall–Kier alpha value is -2.21. The van der Waals surface area contributed by atoms with Crippen molar-refractivity contribution in [2.24, 2.45) is 0 Å². The molecule has 4 amide bonds. The molecule has 2 saturated heterocycles. The van der Waals surface area contributed by atoms with Gasteiger partial charge in [-0.1, -0.05) is 24.9 Å². The highest BCUT2D eigenvalue weighted by molar-refractivity contribution is 7.89. The molecule has 1 aromatic carbocycles. The summed E-state index contributed by atoms with van der Waals surface area (Å²) in [4.78, 5) is 37.3. The van der Waals surface area contributed by atoms with Crippen molar-refractivity contribution in [3.05, 3.63) is 23.2 Å². The molecule has 10 nitrogen and oxygen atoms in total. The first-order valence-corrected chi connectivity index (χ1v) is 11.3. The van der Waals surface area contributed by atoms with Crippen molar-refractivity contribution in [1.29, 1.82) is 0 Å². The quantitative estimate of drug-likeness (QED) is 0.587. The zero-order valence-electron chi connectivity index (χ0n) is 16.4. The summed E-state index contributed by atoms with van der Waals surface area (Å²) in [5.74, 6) is -1.09. The molecular weight excluding hydrogens is 436 g/mol. The van der Waals surface area contributed by atoms with Crippen LogP contribution in [0.15, 0.2) is 23.1 Å². The van der Waals surface area contributed by atoms with Crippen LogP contribution >= 0.6 is 11.6 Å². The summed E-state index contributed by atoms with van der Waals surface area (Å²) >= 11 is 6.10. The van der Waals surface area contributed by atoms with Crippen LogP contribution in [0, 0.1) is 0 Å². The van der Waals surface area contributed by atoms with Crippen LogP contribution < -0.4 is 10.6 Å². The number of nitrogens with one attached hydrogen (secondary N) is 2. The molecule has 2 heterocycles. The molecule has 164 valence electrons. The molecule has 2 aliphatic heterocycles. The van der Waals surface area contributed by atoms with Gasteiger partial charge in [0, 0.05) is 18.8 Å². The van der Waals surface area contributed by atoms with Gasteiger partial charge in [0.15, 0.2) is 0 Å². The van der Waals surface area contributed by atoms with E-state index in [9.17, 15) is 22.8 Å². The van der Waals surface area contributed by atoms with Gasteiger partial charge in [-0.15, -0.1) is 0 Å². The number of sulfonamides is 1. The molecule has 1 unspecified atom stereocenters. The van der Waals surface area contributed by atoms with Crippen LogP contribution in [0.2, 0.25) is 5.02 Å². The molecule has 0 radical (unpaired) electrons. The summed E-state index contributed by atoms with van der Waals surface area (Å²) in [5.41, 5.74) is 0.188. The molecule has 30 heavy (non-hydrogen) atoms. The Balaban J connectivity index is 1.71. The largest absolute Gasteiger partial charge is 0.379 e. The standard InChI is InChI=1S/C18H23ClN4O6S/c1-2-3-14-17(25)23(18(26)21-14)11-16(24)20-12-4-5-13(19)15(10-12)30(27,28)22-6-8-29-9-7-22/h4-5,10,14H,2-3,6-9,11H2,1H3,(H,20,24)(H,21,26). The second-order valence-corrected chi connectivity index (χ2v) is 9.24. The third-order valence-electron chi connectivity index (χ3n) is 4.79. The summed E-state index contributed by atoms with van der Waals surface area (Å²) in [6, 6.07) is 2.83. The van der Waals surface area contributed by atoms with Gasteiger partial charge in [-0.2, -0.15) is 4.31 Å². The maximum atomic E-state index is 12.9. The minimum atomic E-state index is -3.86. The number of hydrogen-bond donors (Lipinski definition) is 2. The van der Waals surface area contributed by atoms with E-state index in [-0.39, 0.29) is 41.9 Å². The number of imide groups is 1. The van der Waals surface area contributed by atoms with Crippen molar-refractivity contribution in [3.8, 4) is 0 Å². The predicted octanol–water partition coefficient (Wildman–Crippen LogP) is 1.02. The number of nitrogens with zero attached hydrogens (tertiary/aromatic N) is 2. The van der Waals surface area contributed by atoms with Crippen molar-refractivity contribution >= 4 is 45.2 Å². The minimum absolute atomic E-state index is 0.0241. The molecular formula is C18H23ClN4O6S. The molecule has 0 bridgehead atoms. The molecule has 1 aromatic rings. The number of rotatable bonds is 7. The van der Waals surface area contributed by atoms with E-state index in [0.717, 1.165) is 4.90 Å². The minimum Gasteiger partial charge on any atom is -0.379 e. The Morgan fingerprint density at radius 2 is 2.00 bits per heavy atom. The van der Waals surface area contributed by atoms with Gasteiger partial charge >= 0.3 is 6.03 Å². The second-order valence-electron chi connectivity index (χ2n) is 6.92. The van der Waals surface area contributed by atoms with Crippen molar-refractivity contribution in [2.45, 2.75) is 30.7 Å². The number of anilines is 1. The third-order valence-corrected chi connectivity index (χ3v) is 7.17. The van der Waals surface area contributed by atoms with Crippen molar-refractivity contribution in [3.63, 3.8) is 0 Å². The lowest BCUT2D eigenvalue weighted by Crippen LogP contribution is -2.40. The Morgan fingerprint density at radius 3 is 2.67 bits per heavy atom. The third kappa shape index (κ3) is 4.75. The molecule has 0 spiro atoms. The fraction of sp³-hybridized carbons (Fsp3) is 0.500. The molecule has 2 fully saturated rings. The molecule has 3 rings (SSSR count). The van der Waals surface area contributed by atoms with Crippen LogP contribution in [0.5, 0.6) is 0 Å². The topological polar surface area (TPSA) is 125 Å². The Bertz CT molecular complexity index is 948. The summed E-state index contributed by atoms with van der Waals surface area (Å²) in [7, 11) is -3.86. The number of urea groups is 1. The second kappa shape index (κ2) is 9.29. The van der Waals surface area contributed by atoms with E-state index in [2.05, 4.69) is 10.6 Å². The number of morpholine rings is 1. The van der Waals surface area contributed by atoms with Gasteiger partial charge in [-0.25, -0.2) is 13.2 Å². The lowest BCUT2D eigenvalue weighted by atomic mass is 10.2. The molecule has 0 saturated carbocycles. The first-order chi connectivity index (χ1) is 14.2. The van der Waals surface area contributed by atoms with Gasteiger partial charge in [0.2, 0.25) is 15.9 Å². The number of benzene rings is 1. The Labute approximate surface area is 179 Å². The van der Waals surface area contributed by atoms with E-state index >= 15 is 0 Å². The Kier molecular flexibility index (Phi) is 6.96. The molecule has 12 heteroatoms. The first kappa shape index (κ1) is 22.5. The molecule has 1 atom stereocenters. The highest BCUT2D eigenvalue weighted by Crippen LogP contribution is 2.28. The van der Waals surface area contributed by atoms with Crippen molar-refractivity contribution in [2.75, 3.05) is 38.2 Å². The van der Waals surface area contributed by atoms with Crippen LogP contribution in [-0.4, -0.2) is 74.4 Å². The van der Waals surface area contributed by atoms with Crippen LogP contribution in [0.3, 0.4) is 0 Å². The maximum absolute atomic E-state index is 12.9. The van der Waals surface area contributed by atoms with Gasteiger partial charge in [0.05, 0.1) is 18.2 Å². The van der Waals surface area contributed by atoms with E-state index in [1.54, 1.807) is 0 Å². The van der Waals surface area contributed by atoms with Crippen molar-refractivity contribution in [1.82, 2.24) is 14.5 Å². The van der Waals surface area contributed by atoms with E-state index in [0.29, 0.717) is 12.8 Å². The average Bonchev–Trinajstić information content (AvgIpc) is 2.97.